The topological polar surface area (TPSA) is 89.8 Å². The fraction of sp³-hybridized carbons (Fsp3) is 0.273. The highest BCUT2D eigenvalue weighted by Gasteiger charge is 2.14. The second-order valence-corrected chi connectivity index (χ2v) is 6.85. The van der Waals surface area contributed by atoms with Crippen LogP contribution in [0.25, 0.3) is 6.08 Å². The Bertz CT molecular complexity index is 982. The summed E-state index contributed by atoms with van der Waals surface area (Å²) in [6.07, 6.45) is 1.49. The maximum absolute atomic E-state index is 12.6. The Morgan fingerprint density at radius 1 is 1.13 bits per heavy atom. The molecule has 0 atom stereocenters. The molecular weight excluding hydrogens is 452 g/mol. The quantitative estimate of drug-likeness (QED) is 0.434. The number of hydrogen-bond donors (Lipinski definition) is 1. The van der Waals surface area contributed by atoms with Crippen molar-refractivity contribution in [1.82, 2.24) is 5.32 Å². The summed E-state index contributed by atoms with van der Waals surface area (Å²) in [7, 11) is 4.65. The van der Waals surface area contributed by atoms with Crippen LogP contribution in [0.15, 0.2) is 40.4 Å². The molecule has 2 rings (SSSR count). The van der Waals surface area contributed by atoms with Gasteiger partial charge < -0.3 is 24.3 Å². The monoisotopic (exact) mass is 474 g/mol. The van der Waals surface area contributed by atoms with E-state index in [-0.39, 0.29) is 12.1 Å². The SMILES string of the molecule is CCOc1cc(/C=C(\C#N)C(=O)NCc2ccc(OC)cc2OC)cc(Br)c1OC. The van der Waals surface area contributed by atoms with E-state index in [9.17, 15) is 10.1 Å². The third kappa shape index (κ3) is 5.67. The molecule has 7 nitrogen and oxygen atoms in total. The first-order valence-electron chi connectivity index (χ1n) is 9.08. The van der Waals surface area contributed by atoms with Crippen LogP contribution in [0.2, 0.25) is 0 Å². The smallest absolute Gasteiger partial charge is 0.262 e. The first-order valence-corrected chi connectivity index (χ1v) is 9.87. The molecule has 0 aliphatic heterocycles. The number of rotatable bonds is 9. The average molecular weight is 475 g/mol. The molecule has 0 aliphatic rings. The van der Waals surface area contributed by atoms with Gasteiger partial charge in [-0.1, -0.05) is 0 Å². The largest absolute Gasteiger partial charge is 0.497 e. The minimum Gasteiger partial charge on any atom is -0.497 e. The molecule has 30 heavy (non-hydrogen) atoms. The average Bonchev–Trinajstić information content (AvgIpc) is 2.75. The number of nitriles is 1. The van der Waals surface area contributed by atoms with Crippen LogP contribution >= 0.6 is 15.9 Å². The van der Waals surface area contributed by atoms with Crippen LogP contribution in [0, 0.1) is 11.3 Å². The summed E-state index contributed by atoms with van der Waals surface area (Å²) >= 11 is 3.42. The van der Waals surface area contributed by atoms with Crippen molar-refractivity contribution in [3.8, 4) is 29.1 Å². The van der Waals surface area contributed by atoms with Crippen molar-refractivity contribution in [2.24, 2.45) is 0 Å². The highest BCUT2D eigenvalue weighted by Crippen LogP contribution is 2.37. The van der Waals surface area contributed by atoms with Crippen LogP contribution in [0.5, 0.6) is 23.0 Å². The summed E-state index contributed by atoms with van der Waals surface area (Å²) in [5.41, 5.74) is 1.34. The number of hydrogen-bond acceptors (Lipinski definition) is 6. The first kappa shape index (κ1) is 23.1. The molecule has 0 saturated carbocycles. The van der Waals surface area contributed by atoms with Crippen LogP contribution in [-0.4, -0.2) is 33.8 Å². The number of halogens is 1. The fourth-order valence-corrected chi connectivity index (χ4v) is 3.34. The fourth-order valence-electron chi connectivity index (χ4n) is 2.72. The van der Waals surface area contributed by atoms with Crippen LogP contribution < -0.4 is 24.3 Å². The third-order valence-corrected chi connectivity index (χ3v) is 4.73. The molecule has 2 aromatic carbocycles. The molecule has 0 saturated heterocycles. The van der Waals surface area contributed by atoms with Gasteiger partial charge in [0.05, 0.1) is 32.4 Å². The minimum absolute atomic E-state index is 0.0398. The van der Waals surface area contributed by atoms with E-state index in [0.717, 1.165) is 5.56 Å². The van der Waals surface area contributed by atoms with Crippen LogP contribution in [-0.2, 0) is 11.3 Å². The Morgan fingerprint density at radius 3 is 2.50 bits per heavy atom. The highest BCUT2D eigenvalue weighted by atomic mass is 79.9. The maximum Gasteiger partial charge on any atom is 0.262 e. The molecule has 0 aromatic heterocycles. The van der Waals surface area contributed by atoms with Crippen LogP contribution in [0.4, 0.5) is 0 Å². The number of benzene rings is 2. The lowest BCUT2D eigenvalue weighted by molar-refractivity contribution is -0.117. The van der Waals surface area contributed by atoms with E-state index in [2.05, 4.69) is 21.2 Å². The van der Waals surface area contributed by atoms with Gasteiger partial charge in [-0.25, -0.2) is 0 Å². The van der Waals surface area contributed by atoms with Crippen molar-refractivity contribution in [3.63, 3.8) is 0 Å². The van der Waals surface area contributed by atoms with Crippen molar-refractivity contribution in [3.05, 3.63) is 51.5 Å². The Labute approximate surface area is 184 Å². The van der Waals surface area contributed by atoms with Gasteiger partial charge in [0.25, 0.3) is 5.91 Å². The van der Waals surface area contributed by atoms with Gasteiger partial charge in [0.2, 0.25) is 0 Å². The van der Waals surface area contributed by atoms with Crippen molar-refractivity contribution in [1.29, 1.82) is 5.26 Å². The molecule has 158 valence electrons. The van der Waals surface area contributed by atoms with E-state index in [1.807, 2.05) is 13.0 Å². The molecular formula is C22H23BrN2O5. The van der Waals surface area contributed by atoms with Gasteiger partial charge in [0.15, 0.2) is 11.5 Å². The van der Waals surface area contributed by atoms with Gasteiger partial charge in [0, 0.05) is 18.2 Å². The normalized spacial score (nSPS) is 10.7. The Hall–Kier alpha value is -3.18. The van der Waals surface area contributed by atoms with Gasteiger partial charge in [0.1, 0.15) is 23.1 Å². The summed E-state index contributed by atoms with van der Waals surface area (Å²) in [5, 5.41) is 12.2. The van der Waals surface area contributed by atoms with Gasteiger partial charge >= 0.3 is 0 Å². The number of nitrogens with one attached hydrogen (secondary N) is 1. The standard InChI is InChI=1S/C22H23BrN2O5/c1-5-30-20-10-14(9-18(23)21(20)29-4)8-16(12-24)22(26)25-13-15-6-7-17(27-2)11-19(15)28-3/h6-11H,5,13H2,1-4H3,(H,25,26)/b16-8+. The van der Waals surface area contributed by atoms with Crippen molar-refractivity contribution >= 4 is 27.9 Å². The molecule has 0 fully saturated rings. The zero-order chi connectivity index (χ0) is 22.1. The number of amides is 1. The number of nitrogens with zero attached hydrogens (tertiary/aromatic N) is 1. The van der Waals surface area contributed by atoms with Crippen LogP contribution in [0.1, 0.15) is 18.1 Å². The number of carbonyl (C=O) groups excluding carboxylic acids is 1. The Morgan fingerprint density at radius 2 is 1.90 bits per heavy atom. The maximum atomic E-state index is 12.6. The minimum atomic E-state index is -0.500. The molecule has 8 heteroatoms. The van der Waals surface area contributed by atoms with Gasteiger partial charge in [-0.05, 0) is 58.8 Å². The molecule has 0 aliphatic carbocycles. The molecule has 0 unspecified atom stereocenters. The number of carbonyl (C=O) groups is 1. The summed E-state index contributed by atoms with van der Waals surface area (Å²) in [4.78, 5) is 12.6. The summed E-state index contributed by atoms with van der Waals surface area (Å²) < 4.78 is 22.1. The summed E-state index contributed by atoms with van der Waals surface area (Å²) in [6.45, 7) is 2.50. The molecule has 2 aromatic rings. The first-order chi connectivity index (χ1) is 14.5. The second-order valence-electron chi connectivity index (χ2n) is 6.00. The lowest BCUT2D eigenvalue weighted by Crippen LogP contribution is -2.24. The van der Waals surface area contributed by atoms with Crippen molar-refractivity contribution < 1.29 is 23.7 Å². The van der Waals surface area contributed by atoms with Gasteiger partial charge in [-0.2, -0.15) is 5.26 Å². The van der Waals surface area contributed by atoms with Crippen LogP contribution in [0.3, 0.4) is 0 Å². The second kappa shape index (κ2) is 11.1. The third-order valence-electron chi connectivity index (χ3n) is 4.15. The van der Waals surface area contributed by atoms with Gasteiger partial charge in [-0.15, -0.1) is 0 Å². The molecule has 0 spiro atoms. The van der Waals surface area contributed by atoms with Gasteiger partial charge in [-0.3, -0.25) is 4.79 Å². The van der Waals surface area contributed by atoms with E-state index < -0.39 is 5.91 Å². The molecule has 1 amide bonds. The van der Waals surface area contributed by atoms with E-state index in [1.54, 1.807) is 44.6 Å². The predicted octanol–water partition coefficient (Wildman–Crippen LogP) is 4.10. The van der Waals surface area contributed by atoms with E-state index in [1.165, 1.54) is 13.2 Å². The molecule has 0 bridgehead atoms. The lowest BCUT2D eigenvalue weighted by Gasteiger charge is -2.12. The lowest BCUT2D eigenvalue weighted by atomic mass is 10.1. The molecule has 0 radical (unpaired) electrons. The predicted molar refractivity (Wildman–Crippen MR) is 117 cm³/mol. The zero-order valence-electron chi connectivity index (χ0n) is 17.2. The highest BCUT2D eigenvalue weighted by molar-refractivity contribution is 9.10. The molecule has 0 heterocycles. The summed E-state index contributed by atoms with van der Waals surface area (Å²) in [5.74, 6) is 1.79. The van der Waals surface area contributed by atoms with Crippen molar-refractivity contribution in [2.45, 2.75) is 13.5 Å². The Balaban J connectivity index is 2.23. The zero-order valence-corrected chi connectivity index (χ0v) is 18.8. The van der Waals surface area contributed by atoms with Crippen molar-refractivity contribution in [2.75, 3.05) is 27.9 Å². The van der Waals surface area contributed by atoms with E-state index >= 15 is 0 Å². The number of ether oxygens (including phenoxy) is 4. The summed E-state index contributed by atoms with van der Waals surface area (Å²) in [6, 6.07) is 10.7. The van der Waals surface area contributed by atoms with E-state index in [0.29, 0.717) is 39.6 Å². The molecule has 1 N–H and O–H groups in total. The Kier molecular flexibility index (Phi) is 8.56. The van der Waals surface area contributed by atoms with E-state index in [4.69, 9.17) is 18.9 Å². The number of methoxy groups -OCH3 is 3.